The first kappa shape index (κ1) is 53.5. The van der Waals surface area contributed by atoms with Gasteiger partial charge in [0.2, 0.25) is 5.71 Å². The molecule has 0 amide bonds. The van der Waals surface area contributed by atoms with Crippen molar-refractivity contribution in [2.24, 2.45) is 0 Å². The van der Waals surface area contributed by atoms with Crippen molar-refractivity contribution in [3.8, 4) is 67.9 Å². The molecule has 9 heteroatoms. The van der Waals surface area contributed by atoms with E-state index in [0.29, 0.717) is 45.3 Å². The molecule has 5 aromatic heterocycles. The Morgan fingerprint density at radius 1 is 0.410 bits per heavy atom. The Morgan fingerprint density at radius 3 is 1.45 bits per heavy atom. The number of fused-ring (bicyclic) bond motifs is 9. The number of hydrogen-bond acceptors (Lipinski definition) is 6. The Labute approximate surface area is 497 Å². The Morgan fingerprint density at radius 2 is 0.892 bits per heavy atom. The maximum atomic E-state index is 7.20. The number of hydrogen-bond donors (Lipinski definition) is 0. The summed E-state index contributed by atoms with van der Waals surface area (Å²) < 4.78 is 25.6. The Balaban J connectivity index is 0.00000645. The molecule has 0 aliphatic heterocycles. The zero-order valence-electron chi connectivity index (χ0n) is 47.9. The van der Waals surface area contributed by atoms with Crippen molar-refractivity contribution in [1.82, 2.24) is 24.1 Å². The summed E-state index contributed by atoms with van der Waals surface area (Å²) in [7, 11) is 0. The van der Waals surface area contributed by atoms with Crippen molar-refractivity contribution in [2.45, 2.75) is 86.0 Å². The summed E-state index contributed by atoms with van der Waals surface area (Å²) in [5, 5.41) is 3.55. The van der Waals surface area contributed by atoms with E-state index in [0.717, 1.165) is 72.1 Å². The SMILES string of the molecule is Cc1ccc2c(n1)oc1c2ccc2c3cc(Oc4[c-]c(-c5nc6ccccc6n5-c5c(C(C)C)cc(-c6ccccc6)cc5C(C)C)ccc4)[c-]c(-c4nc5ccccc5n4-c4c(C(C)C)cc(-c5ccccc5)cc4C(C)C)c3oc21.[Pt+2]. The zero-order chi connectivity index (χ0) is 56.1. The molecule has 0 saturated carbocycles. The fraction of sp³-hybridized carbons (Fsp3) is 0.176. The van der Waals surface area contributed by atoms with Crippen molar-refractivity contribution in [1.29, 1.82) is 0 Å². The molecule has 0 radical (unpaired) electrons. The summed E-state index contributed by atoms with van der Waals surface area (Å²) in [6, 6.07) is 71.5. The van der Waals surface area contributed by atoms with Gasteiger partial charge >= 0.3 is 21.1 Å². The first-order valence-electron chi connectivity index (χ1n) is 28.6. The molecule has 0 N–H and O–H groups in total. The monoisotopic (exact) mass is 1260 g/mol. The first-order chi connectivity index (χ1) is 39.9. The summed E-state index contributed by atoms with van der Waals surface area (Å²) in [5.74, 6) is 3.17. The molecule has 0 fully saturated rings. The molecule has 14 aromatic rings. The van der Waals surface area contributed by atoms with Gasteiger partial charge in [0, 0.05) is 44.7 Å². The minimum atomic E-state index is 0. The zero-order valence-corrected chi connectivity index (χ0v) is 50.2. The van der Waals surface area contributed by atoms with Crippen LogP contribution in [0.4, 0.5) is 0 Å². The van der Waals surface area contributed by atoms with Gasteiger partial charge in [0.1, 0.15) is 0 Å². The van der Waals surface area contributed by atoms with Crippen LogP contribution < -0.4 is 4.74 Å². The number of aromatic nitrogens is 5. The summed E-state index contributed by atoms with van der Waals surface area (Å²) >= 11 is 0. The Hall–Kier alpha value is -8.84. The van der Waals surface area contributed by atoms with Crippen molar-refractivity contribution < 1.29 is 34.6 Å². The van der Waals surface area contributed by atoms with Gasteiger partial charge in [-0.25, -0.2) is 4.98 Å². The minimum absolute atomic E-state index is 0. The number of rotatable bonds is 12. The largest absolute Gasteiger partial charge is 2.00 e. The molecule has 0 unspecified atom stereocenters. The van der Waals surface area contributed by atoms with Crippen LogP contribution in [0.2, 0.25) is 0 Å². The predicted octanol–water partition coefficient (Wildman–Crippen LogP) is 20.4. The molecule has 83 heavy (non-hydrogen) atoms. The maximum absolute atomic E-state index is 7.20. The van der Waals surface area contributed by atoms with E-state index in [1.54, 1.807) is 0 Å². The maximum Gasteiger partial charge on any atom is 2.00 e. The van der Waals surface area contributed by atoms with Gasteiger partial charge in [-0.05, 0) is 142 Å². The molecule has 0 aliphatic rings. The second-order valence-electron chi connectivity index (χ2n) is 23.0. The second kappa shape index (κ2) is 21.2. The summed E-state index contributed by atoms with van der Waals surface area (Å²) in [5.41, 5.74) is 20.4. The van der Waals surface area contributed by atoms with Crippen molar-refractivity contribution >= 4 is 66.1 Å². The predicted molar refractivity (Wildman–Crippen MR) is 335 cm³/mol. The van der Waals surface area contributed by atoms with E-state index in [4.69, 9.17) is 28.5 Å². The number of benzene rings is 9. The van der Waals surface area contributed by atoms with Crippen LogP contribution in [0, 0.1) is 19.1 Å². The van der Waals surface area contributed by atoms with Gasteiger partial charge < -0.3 is 22.7 Å². The molecule has 0 spiro atoms. The van der Waals surface area contributed by atoms with E-state index >= 15 is 0 Å². The summed E-state index contributed by atoms with van der Waals surface area (Å²) in [4.78, 5) is 15.7. The molecule has 14 rings (SSSR count). The number of imidazole rings is 2. The molecular formula is C74H61N5O3Pt. The van der Waals surface area contributed by atoms with E-state index < -0.39 is 0 Å². The first-order valence-corrected chi connectivity index (χ1v) is 28.6. The quantitative estimate of drug-likeness (QED) is 0.113. The molecule has 9 aromatic carbocycles. The van der Waals surface area contributed by atoms with Gasteiger partial charge in [0.15, 0.2) is 11.2 Å². The normalized spacial score (nSPS) is 12.0. The van der Waals surface area contributed by atoms with Crippen LogP contribution in [-0.2, 0) is 21.1 Å². The average Bonchev–Trinajstić information content (AvgIpc) is 1.98. The number of ether oxygens (including phenoxy) is 1. The standard InChI is InChI=1S/C74H61N5O3.Pt/c1-42(2)57-36-50(47-21-12-10-13-22-47)37-58(43(3)4)67(57)78-65-29-18-16-27-63(65)76-72(78)49-25-20-26-52(35-49)80-53-40-61-55-34-33-54-56-32-31-46(9)75-74(56)82-71(54)70(55)81-69(61)62(41-53)73-77-64-28-17-19-30-66(64)79(73)68-59(44(5)6)38-51(39-60(68)45(7)8)48-23-14-11-15-24-48;/h10-34,36-40,42-45H,1-9H3;/q-2;+2. The van der Waals surface area contributed by atoms with E-state index in [1.807, 2.05) is 37.3 Å². The molecule has 410 valence electrons. The van der Waals surface area contributed by atoms with Gasteiger partial charge in [-0.3, -0.25) is 9.97 Å². The molecule has 0 aliphatic carbocycles. The average molecular weight is 1260 g/mol. The van der Waals surface area contributed by atoms with Gasteiger partial charge in [-0.1, -0.05) is 176 Å². The number of furan rings is 2. The number of nitrogens with zero attached hydrogens (tertiary/aromatic N) is 5. The molecule has 0 saturated heterocycles. The van der Waals surface area contributed by atoms with Crippen molar-refractivity contribution in [3.05, 3.63) is 222 Å². The number of aryl methyl sites for hydroxylation is 1. The Bertz CT molecular complexity index is 4750. The molecule has 5 heterocycles. The van der Waals surface area contributed by atoms with Crippen LogP contribution in [0.5, 0.6) is 11.5 Å². The fourth-order valence-corrected chi connectivity index (χ4v) is 12.1. The molecular weight excluding hydrogens is 1200 g/mol. The van der Waals surface area contributed by atoms with Gasteiger partial charge in [0.25, 0.3) is 0 Å². The van der Waals surface area contributed by atoms with E-state index in [2.05, 4.69) is 228 Å². The van der Waals surface area contributed by atoms with Crippen LogP contribution in [0.3, 0.4) is 0 Å². The third-order valence-electron chi connectivity index (χ3n) is 16.2. The van der Waals surface area contributed by atoms with Crippen LogP contribution in [0.15, 0.2) is 191 Å². The number of para-hydroxylation sites is 4. The van der Waals surface area contributed by atoms with Crippen molar-refractivity contribution in [2.75, 3.05) is 0 Å². The van der Waals surface area contributed by atoms with Crippen LogP contribution in [0.25, 0.3) is 122 Å². The summed E-state index contributed by atoms with van der Waals surface area (Å²) in [6.07, 6.45) is 0. The van der Waals surface area contributed by atoms with Gasteiger partial charge in [-0.2, -0.15) is 0 Å². The fourth-order valence-electron chi connectivity index (χ4n) is 12.1. The summed E-state index contributed by atoms with van der Waals surface area (Å²) in [6.45, 7) is 20.2. The minimum Gasteiger partial charge on any atom is -0.497 e. The van der Waals surface area contributed by atoms with E-state index in [-0.39, 0.29) is 44.7 Å². The van der Waals surface area contributed by atoms with Gasteiger partial charge in [-0.15, -0.1) is 23.8 Å². The van der Waals surface area contributed by atoms with E-state index in [1.165, 1.54) is 44.5 Å². The van der Waals surface area contributed by atoms with Crippen LogP contribution >= 0.6 is 0 Å². The van der Waals surface area contributed by atoms with Gasteiger partial charge in [0.05, 0.1) is 39.3 Å². The Kier molecular flexibility index (Phi) is 13.6. The van der Waals surface area contributed by atoms with E-state index in [9.17, 15) is 0 Å². The molecule has 0 bridgehead atoms. The topological polar surface area (TPSA) is 84.0 Å². The van der Waals surface area contributed by atoms with Crippen LogP contribution in [0.1, 0.15) is 107 Å². The second-order valence-corrected chi connectivity index (χ2v) is 23.0. The number of pyridine rings is 1. The third kappa shape index (κ3) is 9.15. The molecule has 8 nitrogen and oxygen atoms in total. The van der Waals surface area contributed by atoms with Crippen molar-refractivity contribution in [3.63, 3.8) is 0 Å². The van der Waals surface area contributed by atoms with Crippen LogP contribution in [-0.4, -0.2) is 24.1 Å². The third-order valence-corrected chi connectivity index (χ3v) is 16.2. The smallest absolute Gasteiger partial charge is 0.497 e. The molecule has 0 atom stereocenters.